The Morgan fingerprint density at radius 2 is 2.12 bits per heavy atom. The number of benzene rings is 1. The molecule has 8 heteroatoms. The van der Waals surface area contributed by atoms with E-state index in [1.807, 2.05) is 12.1 Å². The van der Waals surface area contributed by atoms with Gasteiger partial charge in [-0.05, 0) is 30.7 Å². The fourth-order valence-electron chi connectivity index (χ4n) is 3.75. The molecule has 0 fully saturated rings. The van der Waals surface area contributed by atoms with E-state index in [2.05, 4.69) is 38.4 Å². The first-order valence-electron chi connectivity index (χ1n) is 8.67. The summed E-state index contributed by atoms with van der Waals surface area (Å²) in [7, 11) is 0. The highest BCUT2D eigenvalue weighted by Gasteiger charge is 2.34. The van der Waals surface area contributed by atoms with Crippen LogP contribution >= 0.6 is 27.3 Å². The number of carbonyl (C=O) groups is 1. The molecule has 0 saturated carbocycles. The van der Waals surface area contributed by atoms with Gasteiger partial charge in [0, 0.05) is 28.0 Å². The molecule has 2 N–H and O–H groups in total. The number of hydrogen-bond donors (Lipinski definition) is 2. The number of ether oxygens (including phenoxy) is 2. The van der Waals surface area contributed by atoms with Gasteiger partial charge in [0.2, 0.25) is 6.79 Å². The molecular formula is C18H18BrN3O3S. The fourth-order valence-corrected chi connectivity index (χ4v) is 5.62. The van der Waals surface area contributed by atoms with Crippen LogP contribution in [-0.2, 0) is 13.0 Å². The maximum absolute atomic E-state index is 12.9. The molecule has 0 aliphatic carbocycles. The van der Waals surface area contributed by atoms with Crippen molar-refractivity contribution in [1.29, 1.82) is 0 Å². The molecule has 1 amide bonds. The number of thiophene rings is 1. The monoisotopic (exact) mass is 435 g/mol. The molecule has 1 aromatic carbocycles. The average Bonchev–Trinajstić information content (AvgIpc) is 3.23. The first-order chi connectivity index (χ1) is 12.6. The van der Waals surface area contributed by atoms with Crippen molar-refractivity contribution in [3.63, 3.8) is 0 Å². The lowest BCUT2D eigenvalue weighted by atomic mass is 10.0. The quantitative estimate of drug-likeness (QED) is 0.755. The molecule has 2 aromatic rings. The van der Waals surface area contributed by atoms with Crippen molar-refractivity contribution in [2.24, 2.45) is 0 Å². The Labute approximate surface area is 163 Å². The third-order valence-corrected chi connectivity index (χ3v) is 7.00. The van der Waals surface area contributed by atoms with Crippen LogP contribution in [0.2, 0.25) is 0 Å². The molecule has 5 rings (SSSR count). The molecule has 3 aliphatic rings. The Morgan fingerprint density at radius 1 is 1.31 bits per heavy atom. The molecule has 136 valence electrons. The van der Waals surface area contributed by atoms with Crippen molar-refractivity contribution in [3.8, 4) is 11.5 Å². The van der Waals surface area contributed by atoms with Crippen molar-refractivity contribution in [3.05, 3.63) is 38.2 Å². The average molecular weight is 436 g/mol. The fraction of sp³-hybridized carbons (Fsp3) is 0.389. The smallest absolute Gasteiger partial charge is 0.256 e. The molecule has 4 heterocycles. The predicted molar refractivity (Wildman–Crippen MR) is 103 cm³/mol. The zero-order valence-electron chi connectivity index (χ0n) is 14.2. The lowest BCUT2D eigenvalue weighted by Gasteiger charge is -2.28. The minimum Gasteiger partial charge on any atom is -0.454 e. The number of carbonyl (C=O) groups excluding carboxylic acids is 1. The molecule has 1 aromatic heterocycles. The van der Waals surface area contributed by atoms with E-state index in [-0.39, 0.29) is 18.9 Å². The highest BCUT2D eigenvalue weighted by atomic mass is 79.9. The highest BCUT2D eigenvalue weighted by molar-refractivity contribution is 9.10. The van der Waals surface area contributed by atoms with Crippen molar-refractivity contribution in [2.75, 3.05) is 25.2 Å². The standard InChI is InChI=1S/C18H18BrN3O3S/c1-2-22-4-3-9-14(7-22)26-18-15(9)17(23)20-16(21-18)10-5-12-13(6-11(10)19)25-8-24-12/h5-6,16,21H,2-4,7-8H2,1H3,(H,20,23). The van der Waals surface area contributed by atoms with E-state index in [0.717, 1.165) is 52.4 Å². The van der Waals surface area contributed by atoms with Crippen LogP contribution in [0.4, 0.5) is 5.00 Å². The molecule has 1 atom stereocenters. The van der Waals surface area contributed by atoms with Crippen LogP contribution in [0.25, 0.3) is 0 Å². The van der Waals surface area contributed by atoms with Gasteiger partial charge >= 0.3 is 0 Å². The first-order valence-corrected chi connectivity index (χ1v) is 10.3. The Balaban J connectivity index is 1.50. The number of anilines is 1. The maximum atomic E-state index is 12.9. The Bertz CT molecular complexity index is 914. The van der Waals surface area contributed by atoms with Gasteiger partial charge < -0.3 is 20.1 Å². The molecule has 26 heavy (non-hydrogen) atoms. The van der Waals surface area contributed by atoms with Gasteiger partial charge in [-0.2, -0.15) is 0 Å². The first kappa shape index (κ1) is 16.4. The third-order valence-electron chi connectivity index (χ3n) is 5.16. The van der Waals surface area contributed by atoms with E-state index in [1.165, 1.54) is 10.4 Å². The number of nitrogens with one attached hydrogen (secondary N) is 2. The van der Waals surface area contributed by atoms with Crippen LogP contribution < -0.4 is 20.1 Å². The molecule has 0 radical (unpaired) electrons. The normalized spacial score (nSPS) is 21.0. The van der Waals surface area contributed by atoms with E-state index in [0.29, 0.717) is 5.75 Å². The molecule has 1 unspecified atom stereocenters. The van der Waals surface area contributed by atoms with Crippen LogP contribution in [0.1, 0.15) is 39.5 Å². The summed E-state index contributed by atoms with van der Waals surface area (Å²) in [6.07, 6.45) is 0.629. The molecule has 0 spiro atoms. The Hall–Kier alpha value is -1.77. The van der Waals surface area contributed by atoms with Crippen LogP contribution in [0, 0.1) is 0 Å². The molecule has 6 nitrogen and oxygen atoms in total. The van der Waals surface area contributed by atoms with E-state index < -0.39 is 0 Å². The van der Waals surface area contributed by atoms with Crippen LogP contribution in [0.3, 0.4) is 0 Å². The SMILES string of the molecule is CCN1CCc2c(sc3c2C(=O)NC(c2cc4c(cc2Br)OCO4)N3)C1. The summed E-state index contributed by atoms with van der Waals surface area (Å²) in [5.41, 5.74) is 2.96. The summed E-state index contributed by atoms with van der Waals surface area (Å²) in [5.74, 6) is 1.42. The zero-order valence-corrected chi connectivity index (χ0v) is 16.6. The van der Waals surface area contributed by atoms with Crippen LogP contribution in [-0.4, -0.2) is 30.7 Å². The lowest BCUT2D eigenvalue weighted by Crippen LogP contribution is -2.39. The largest absolute Gasteiger partial charge is 0.454 e. The van der Waals surface area contributed by atoms with E-state index in [1.54, 1.807) is 11.3 Å². The van der Waals surface area contributed by atoms with E-state index >= 15 is 0 Å². The van der Waals surface area contributed by atoms with Gasteiger partial charge in [0.25, 0.3) is 5.91 Å². The van der Waals surface area contributed by atoms with Gasteiger partial charge in [0.05, 0.1) is 5.56 Å². The summed E-state index contributed by atoms with van der Waals surface area (Å²) >= 11 is 5.29. The van der Waals surface area contributed by atoms with E-state index in [9.17, 15) is 4.79 Å². The number of likely N-dealkylation sites (N-methyl/N-ethyl adjacent to an activating group) is 1. The molecule has 0 saturated heterocycles. The minimum atomic E-state index is -0.304. The second-order valence-corrected chi connectivity index (χ2v) is 8.56. The predicted octanol–water partition coefficient (Wildman–Crippen LogP) is 3.47. The van der Waals surface area contributed by atoms with E-state index in [4.69, 9.17) is 9.47 Å². The maximum Gasteiger partial charge on any atom is 0.256 e. The van der Waals surface area contributed by atoms with Crippen molar-refractivity contribution < 1.29 is 14.3 Å². The number of nitrogens with zero attached hydrogens (tertiary/aromatic N) is 1. The topological polar surface area (TPSA) is 62.8 Å². The third kappa shape index (κ3) is 2.51. The highest BCUT2D eigenvalue weighted by Crippen LogP contribution is 2.44. The number of fused-ring (bicyclic) bond motifs is 4. The molecular weight excluding hydrogens is 418 g/mol. The summed E-state index contributed by atoms with van der Waals surface area (Å²) in [6, 6.07) is 3.81. The van der Waals surface area contributed by atoms with Crippen molar-refractivity contribution in [2.45, 2.75) is 26.1 Å². The number of halogens is 1. The Kier molecular flexibility index (Phi) is 3.88. The van der Waals surface area contributed by atoms with Gasteiger partial charge in [0.1, 0.15) is 11.2 Å². The summed E-state index contributed by atoms with van der Waals surface area (Å²) < 4.78 is 11.8. The van der Waals surface area contributed by atoms with Crippen LogP contribution in [0.15, 0.2) is 16.6 Å². The second-order valence-electron chi connectivity index (χ2n) is 6.60. The summed E-state index contributed by atoms with van der Waals surface area (Å²) in [6.45, 7) is 5.38. The number of rotatable bonds is 2. The van der Waals surface area contributed by atoms with Crippen LogP contribution in [0.5, 0.6) is 11.5 Å². The summed E-state index contributed by atoms with van der Waals surface area (Å²) in [5, 5.41) is 7.57. The van der Waals surface area contributed by atoms with Gasteiger partial charge in [-0.1, -0.05) is 22.9 Å². The summed E-state index contributed by atoms with van der Waals surface area (Å²) in [4.78, 5) is 16.6. The lowest BCUT2D eigenvalue weighted by molar-refractivity contribution is 0.0934. The zero-order chi connectivity index (χ0) is 17.8. The van der Waals surface area contributed by atoms with Gasteiger partial charge in [-0.3, -0.25) is 9.69 Å². The van der Waals surface area contributed by atoms with Crippen molar-refractivity contribution in [1.82, 2.24) is 10.2 Å². The van der Waals surface area contributed by atoms with Gasteiger partial charge in [-0.25, -0.2) is 0 Å². The molecule has 0 bridgehead atoms. The number of hydrogen-bond acceptors (Lipinski definition) is 6. The minimum absolute atomic E-state index is 0.00392. The second kappa shape index (κ2) is 6.14. The van der Waals surface area contributed by atoms with Gasteiger partial charge in [-0.15, -0.1) is 11.3 Å². The molecule has 3 aliphatic heterocycles. The number of amides is 1. The van der Waals surface area contributed by atoms with Gasteiger partial charge in [0.15, 0.2) is 11.5 Å². The Morgan fingerprint density at radius 3 is 2.92 bits per heavy atom. The van der Waals surface area contributed by atoms with Crippen molar-refractivity contribution >= 4 is 38.2 Å².